The van der Waals surface area contributed by atoms with Gasteiger partial charge >= 0.3 is 11.9 Å². The average Bonchev–Trinajstić information content (AvgIpc) is 3.60. The Morgan fingerprint density at radius 1 is 0.853 bits per heavy atom. The van der Waals surface area contributed by atoms with E-state index in [9.17, 15) is 9.59 Å². The number of nitrogens with zero attached hydrogens (tertiary/aromatic N) is 4. The maximum Gasteiger partial charge on any atom is 0.310 e. The molecule has 0 aromatic carbocycles. The molecule has 0 spiro atoms. The van der Waals surface area contributed by atoms with Crippen LogP contribution >= 0.6 is 0 Å². The summed E-state index contributed by atoms with van der Waals surface area (Å²) in [5.41, 5.74) is 0.417. The topological polar surface area (TPSA) is 104 Å². The third kappa shape index (κ3) is 5.26. The molecule has 2 aliphatic carbocycles. The second-order valence-electron chi connectivity index (χ2n) is 11.2. The number of hydrogen-bond acceptors (Lipinski definition) is 8. The minimum absolute atomic E-state index is 0.0168. The molecule has 2 aromatic rings. The monoisotopic (exact) mass is 466 g/mol. The maximum absolute atomic E-state index is 12.9. The van der Waals surface area contributed by atoms with E-state index in [1.807, 2.05) is 60.6 Å². The van der Waals surface area contributed by atoms with Gasteiger partial charge in [-0.3, -0.25) is 9.59 Å². The summed E-state index contributed by atoms with van der Waals surface area (Å²) in [6, 6.07) is 3.70. The van der Waals surface area contributed by atoms with Gasteiger partial charge in [-0.15, -0.1) is 0 Å². The molecule has 6 atom stereocenters. The van der Waals surface area contributed by atoms with Crippen LogP contribution in [-0.2, 0) is 25.5 Å². The molecule has 0 N–H and O–H groups in total. The Labute approximate surface area is 200 Å². The van der Waals surface area contributed by atoms with Crippen molar-refractivity contribution < 1.29 is 19.1 Å². The first-order chi connectivity index (χ1) is 15.9. The second kappa shape index (κ2) is 8.71. The lowest BCUT2D eigenvalue weighted by molar-refractivity contribution is -0.159. The Morgan fingerprint density at radius 3 is 2.03 bits per heavy atom. The molecular formula is C26H34N4O4. The maximum atomic E-state index is 12.9. The van der Waals surface area contributed by atoms with E-state index < -0.39 is 11.2 Å². The Morgan fingerprint density at radius 2 is 1.44 bits per heavy atom. The molecule has 8 nitrogen and oxygen atoms in total. The average molecular weight is 467 g/mol. The van der Waals surface area contributed by atoms with E-state index in [0.717, 1.165) is 11.4 Å². The molecule has 182 valence electrons. The van der Waals surface area contributed by atoms with Gasteiger partial charge in [0.1, 0.15) is 23.4 Å². The van der Waals surface area contributed by atoms with Crippen molar-refractivity contribution in [2.45, 2.75) is 77.9 Å². The highest BCUT2D eigenvalue weighted by atomic mass is 16.6. The highest BCUT2D eigenvalue weighted by molar-refractivity contribution is 5.79. The quantitative estimate of drug-likeness (QED) is 0.567. The molecule has 0 saturated heterocycles. The number of esters is 2. The van der Waals surface area contributed by atoms with Gasteiger partial charge in [0.2, 0.25) is 0 Å². The van der Waals surface area contributed by atoms with Crippen molar-refractivity contribution in [3.8, 4) is 0 Å². The van der Waals surface area contributed by atoms with Crippen LogP contribution in [0.3, 0.4) is 0 Å². The Hall–Kier alpha value is -2.90. The molecule has 2 heterocycles. The normalized spacial score (nSPS) is 28.2. The van der Waals surface area contributed by atoms with E-state index in [2.05, 4.69) is 15.0 Å². The Bertz CT molecular complexity index is 1070. The molecule has 2 saturated carbocycles. The zero-order valence-electron chi connectivity index (χ0n) is 21.0. The highest BCUT2D eigenvalue weighted by Crippen LogP contribution is 2.55. The lowest BCUT2D eigenvalue weighted by atomic mass is 10.0. The van der Waals surface area contributed by atoms with E-state index in [0.29, 0.717) is 12.2 Å². The van der Waals surface area contributed by atoms with Crippen LogP contribution in [0.4, 0.5) is 0 Å². The van der Waals surface area contributed by atoms with Crippen LogP contribution in [0.1, 0.15) is 77.5 Å². The van der Waals surface area contributed by atoms with Crippen LogP contribution < -0.4 is 0 Å². The molecule has 0 radical (unpaired) electrons. The fraction of sp³-hybridized carbons (Fsp3) is 0.615. The standard InChI is InChI=1S/C26H34N4O4/c1-14-19(16-8-10-27-13-29-16)21(14)24(32)34-26(6,7)12-18-28-11-9-17(30-18)20-15(2)22(20)23(31)33-25(3,4)5/h8-11,13-15,19-22H,12H2,1-7H3/t14-,15+,19-,20+,21+,22-/m0/s1. The smallest absolute Gasteiger partial charge is 0.310 e. The van der Waals surface area contributed by atoms with E-state index in [-0.39, 0.29) is 47.4 Å². The highest BCUT2D eigenvalue weighted by Gasteiger charge is 2.56. The molecule has 0 aliphatic heterocycles. The van der Waals surface area contributed by atoms with Crippen LogP contribution in [0.5, 0.6) is 0 Å². The summed E-state index contributed by atoms with van der Waals surface area (Å²) in [5, 5.41) is 0. The lowest BCUT2D eigenvalue weighted by Crippen LogP contribution is -2.32. The zero-order chi connectivity index (χ0) is 24.8. The van der Waals surface area contributed by atoms with Crippen molar-refractivity contribution >= 4 is 11.9 Å². The molecule has 2 aromatic heterocycles. The third-order valence-electron chi connectivity index (χ3n) is 6.68. The van der Waals surface area contributed by atoms with Crippen LogP contribution in [0.2, 0.25) is 0 Å². The van der Waals surface area contributed by atoms with Crippen molar-refractivity contribution in [2.75, 3.05) is 0 Å². The van der Waals surface area contributed by atoms with Crippen LogP contribution in [0.25, 0.3) is 0 Å². The van der Waals surface area contributed by atoms with Crippen LogP contribution in [-0.4, -0.2) is 43.1 Å². The third-order valence-corrected chi connectivity index (χ3v) is 6.68. The van der Waals surface area contributed by atoms with E-state index in [1.165, 1.54) is 6.33 Å². The van der Waals surface area contributed by atoms with E-state index >= 15 is 0 Å². The lowest BCUT2D eigenvalue weighted by Gasteiger charge is -2.24. The van der Waals surface area contributed by atoms with Gasteiger partial charge in [0.25, 0.3) is 0 Å². The van der Waals surface area contributed by atoms with Crippen molar-refractivity contribution in [2.24, 2.45) is 23.7 Å². The first-order valence-electron chi connectivity index (χ1n) is 11.9. The van der Waals surface area contributed by atoms with Gasteiger partial charge in [0.15, 0.2) is 0 Å². The summed E-state index contributed by atoms with van der Waals surface area (Å²) in [6.45, 7) is 13.4. The summed E-state index contributed by atoms with van der Waals surface area (Å²) in [6.07, 6.45) is 5.29. The number of hydrogen-bond donors (Lipinski definition) is 0. The number of aromatic nitrogens is 4. The first kappa shape index (κ1) is 24.2. The number of carbonyl (C=O) groups excluding carboxylic acids is 2. The predicted molar refractivity (Wildman–Crippen MR) is 125 cm³/mol. The summed E-state index contributed by atoms with van der Waals surface area (Å²) in [7, 11) is 0. The van der Waals surface area contributed by atoms with Crippen molar-refractivity contribution in [1.82, 2.24) is 19.9 Å². The van der Waals surface area contributed by atoms with Crippen molar-refractivity contribution in [3.63, 3.8) is 0 Å². The van der Waals surface area contributed by atoms with Crippen LogP contribution in [0.15, 0.2) is 30.9 Å². The molecule has 8 heteroatoms. The number of rotatable bonds is 7. The Balaban J connectivity index is 1.38. The molecule has 0 amide bonds. The minimum Gasteiger partial charge on any atom is -0.460 e. The van der Waals surface area contributed by atoms with Gasteiger partial charge in [-0.05, 0) is 58.6 Å². The molecule has 0 unspecified atom stereocenters. The Kier molecular flexibility index (Phi) is 6.21. The summed E-state index contributed by atoms with van der Waals surface area (Å²) >= 11 is 0. The van der Waals surface area contributed by atoms with E-state index in [4.69, 9.17) is 14.5 Å². The van der Waals surface area contributed by atoms with Crippen molar-refractivity contribution in [1.29, 1.82) is 0 Å². The van der Waals surface area contributed by atoms with Crippen LogP contribution in [0, 0.1) is 23.7 Å². The summed E-state index contributed by atoms with van der Waals surface area (Å²) < 4.78 is 11.5. The largest absolute Gasteiger partial charge is 0.460 e. The van der Waals surface area contributed by atoms with Gasteiger partial charge < -0.3 is 9.47 Å². The minimum atomic E-state index is -0.770. The molecule has 34 heavy (non-hydrogen) atoms. The number of carbonyl (C=O) groups is 2. The molecule has 0 bridgehead atoms. The van der Waals surface area contributed by atoms with Gasteiger partial charge in [-0.25, -0.2) is 19.9 Å². The van der Waals surface area contributed by atoms with Gasteiger partial charge in [-0.2, -0.15) is 0 Å². The summed E-state index contributed by atoms with van der Waals surface area (Å²) in [4.78, 5) is 42.8. The van der Waals surface area contributed by atoms with Gasteiger partial charge in [-0.1, -0.05) is 13.8 Å². The predicted octanol–water partition coefficient (Wildman–Crippen LogP) is 3.87. The molecule has 2 fully saturated rings. The zero-order valence-corrected chi connectivity index (χ0v) is 21.0. The number of ether oxygens (including phenoxy) is 2. The second-order valence-corrected chi connectivity index (χ2v) is 11.2. The van der Waals surface area contributed by atoms with Crippen molar-refractivity contribution in [3.05, 3.63) is 48.1 Å². The van der Waals surface area contributed by atoms with Gasteiger partial charge in [0, 0.05) is 42.0 Å². The fourth-order valence-electron chi connectivity index (χ4n) is 4.87. The molecule has 4 rings (SSSR count). The fourth-order valence-corrected chi connectivity index (χ4v) is 4.87. The van der Waals surface area contributed by atoms with E-state index in [1.54, 1.807) is 12.4 Å². The summed E-state index contributed by atoms with van der Waals surface area (Å²) in [5.74, 6) is 0.210. The first-order valence-corrected chi connectivity index (χ1v) is 11.9. The van der Waals surface area contributed by atoms with Gasteiger partial charge in [0.05, 0.1) is 11.8 Å². The molecule has 2 aliphatic rings. The molecular weight excluding hydrogens is 432 g/mol. The SMILES string of the molecule is C[C@@H]1[C@@H](C(=O)OC(C)(C)Cc2nccc([C@H]3[C@@H](C)[C@@H]3C(=O)OC(C)(C)C)n2)[C@@H]1c1ccncn1.